The maximum Gasteiger partial charge on any atom is 0.315 e. The van der Waals surface area contributed by atoms with Crippen molar-refractivity contribution in [1.82, 2.24) is 15.5 Å². The lowest BCUT2D eigenvalue weighted by Crippen LogP contribution is -2.56. The van der Waals surface area contributed by atoms with Gasteiger partial charge in [-0.25, -0.2) is 4.79 Å². The summed E-state index contributed by atoms with van der Waals surface area (Å²) in [4.78, 5) is 25.4. The van der Waals surface area contributed by atoms with Crippen LogP contribution in [0.3, 0.4) is 0 Å². The van der Waals surface area contributed by atoms with Crippen LogP contribution in [0.25, 0.3) is 0 Å². The molecule has 1 aliphatic carbocycles. The van der Waals surface area contributed by atoms with Gasteiger partial charge in [-0.1, -0.05) is 19.3 Å². The van der Waals surface area contributed by atoms with Gasteiger partial charge in [-0.2, -0.15) is 0 Å². The number of amides is 2. The summed E-state index contributed by atoms with van der Waals surface area (Å²) in [5.74, 6) is -0.840. The molecule has 0 aromatic heterocycles. The molecule has 3 N–H and O–H groups in total. The number of aliphatic carboxylic acids is 1. The summed E-state index contributed by atoms with van der Waals surface area (Å²) in [6.45, 7) is 1.85. The van der Waals surface area contributed by atoms with E-state index in [4.69, 9.17) is 5.11 Å². The molecule has 0 aromatic rings. The number of hydrogen-bond acceptors (Lipinski definition) is 3. The maximum absolute atomic E-state index is 12.1. The van der Waals surface area contributed by atoms with Crippen LogP contribution in [-0.4, -0.2) is 53.7 Å². The third-order valence-corrected chi connectivity index (χ3v) is 4.41. The van der Waals surface area contributed by atoms with Crippen molar-refractivity contribution in [3.05, 3.63) is 0 Å². The quantitative estimate of drug-likeness (QED) is 0.723. The van der Waals surface area contributed by atoms with Gasteiger partial charge in [-0.15, -0.1) is 0 Å². The summed E-state index contributed by atoms with van der Waals surface area (Å²) >= 11 is 0. The Morgan fingerprint density at radius 3 is 2.55 bits per heavy atom. The molecule has 0 spiro atoms. The Hall–Kier alpha value is -1.30. The first-order valence-corrected chi connectivity index (χ1v) is 7.48. The summed E-state index contributed by atoms with van der Waals surface area (Å²) in [6, 6.07) is -0.0427. The number of hydrogen-bond donors (Lipinski definition) is 3. The van der Waals surface area contributed by atoms with Gasteiger partial charge in [0, 0.05) is 12.6 Å². The Bertz CT molecular complexity index is 367. The van der Waals surface area contributed by atoms with Crippen LogP contribution < -0.4 is 10.6 Å². The second-order valence-electron chi connectivity index (χ2n) is 6.26. The Labute approximate surface area is 119 Å². The van der Waals surface area contributed by atoms with Gasteiger partial charge < -0.3 is 20.6 Å². The number of carbonyl (C=O) groups is 2. The monoisotopic (exact) mass is 283 g/mol. The number of urea groups is 1. The van der Waals surface area contributed by atoms with Crippen LogP contribution in [0.2, 0.25) is 0 Å². The van der Waals surface area contributed by atoms with Crippen LogP contribution in [0.5, 0.6) is 0 Å². The fourth-order valence-corrected chi connectivity index (χ4v) is 3.38. The van der Waals surface area contributed by atoms with Crippen molar-refractivity contribution in [3.63, 3.8) is 0 Å². The molecule has 1 atom stereocenters. The molecule has 2 amide bonds. The Morgan fingerprint density at radius 2 is 2.00 bits per heavy atom. The zero-order valence-corrected chi connectivity index (χ0v) is 12.2. The number of nitrogens with zero attached hydrogens (tertiary/aromatic N) is 1. The summed E-state index contributed by atoms with van der Waals surface area (Å²) in [6.07, 6.45) is 5.59. The fourth-order valence-electron chi connectivity index (χ4n) is 3.38. The molecule has 1 heterocycles. The predicted molar refractivity (Wildman–Crippen MR) is 75.6 cm³/mol. The van der Waals surface area contributed by atoms with Gasteiger partial charge in [-0.05, 0) is 32.9 Å². The minimum atomic E-state index is -0.840. The van der Waals surface area contributed by atoms with Crippen LogP contribution in [0.4, 0.5) is 4.79 Å². The highest BCUT2D eigenvalue weighted by Gasteiger charge is 2.36. The molecular formula is C14H25N3O3. The van der Waals surface area contributed by atoms with E-state index in [1.807, 2.05) is 7.05 Å². The number of rotatable bonds is 4. The maximum atomic E-state index is 12.1. The molecule has 1 saturated carbocycles. The third kappa shape index (κ3) is 4.10. The van der Waals surface area contributed by atoms with Crippen molar-refractivity contribution in [3.8, 4) is 0 Å². The molecule has 114 valence electrons. The summed E-state index contributed by atoms with van der Waals surface area (Å²) in [7, 11) is 2.03. The summed E-state index contributed by atoms with van der Waals surface area (Å²) < 4.78 is 0. The van der Waals surface area contributed by atoms with Crippen molar-refractivity contribution in [2.45, 2.75) is 56.5 Å². The first-order chi connectivity index (χ1) is 9.49. The van der Waals surface area contributed by atoms with E-state index in [0.717, 1.165) is 51.6 Å². The zero-order valence-electron chi connectivity index (χ0n) is 12.2. The van der Waals surface area contributed by atoms with Crippen molar-refractivity contribution >= 4 is 12.0 Å². The lowest BCUT2D eigenvalue weighted by atomic mass is 9.79. The van der Waals surface area contributed by atoms with E-state index in [0.29, 0.717) is 0 Å². The van der Waals surface area contributed by atoms with E-state index < -0.39 is 11.5 Å². The molecule has 1 unspecified atom stereocenters. The van der Waals surface area contributed by atoms with E-state index in [-0.39, 0.29) is 18.5 Å². The molecular weight excluding hydrogens is 258 g/mol. The molecule has 20 heavy (non-hydrogen) atoms. The average Bonchev–Trinajstić information content (AvgIpc) is 2.74. The molecule has 6 nitrogen and oxygen atoms in total. The molecule has 2 fully saturated rings. The minimum absolute atomic E-state index is 0.0188. The van der Waals surface area contributed by atoms with Gasteiger partial charge in [0.05, 0.1) is 12.0 Å². The molecule has 2 rings (SSSR count). The van der Waals surface area contributed by atoms with E-state index in [1.165, 1.54) is 0 Å². The van der Waals surface area contributed by atoms with Crippen molar-refractivity contribution in [2.24, 2.45) is 0 Å². The van der Waals surface area contributed by atoms with Crippen molar-refractivity contribution in [2.75, 3.05) is 20.1 Å². The first-order valence-electron chi connectivity index (χ1n) is 7.48. The average molecular weight is 283 g/mol. The largest absolute Gasteiger partial charge is 0.481 e. The highest BCUT2D eigenvalue weighted by Crippen LogP contribution is 2.31. The second kappa shape index (κ2) is 6.43. The molecule has 6 heteroatoms. The third-order valence-electron chi connectivity index (χ3n) is 4.41. The topological polar surface area (TPSA) is 81.7 Å². The highest BCUT2D eigenvalue weighted by molar-refractivity contribution is 5.77. The number of likely N-dealkylation sites (tertiary alicyclic amines) is 1. The van der Waals surface area contributed by atoms with Gasteiger partial charge in [0.2, 0.25) is 0 Å². The molecule has 1 saturated heterocycles. The van der Waals surface area contributed by atoms with Gasteiger partial charge >= 0.3 is 12.0 Å². The number of nitrogens with one attached hydrogen (secondary N) is 2. The normalized spacial score (nSPS) is 26.1. The van der Waals surface area contributed by atoms with Gasteiger partial charge in [0.1, 0.15) is 0 Å². The van der Waals surface area contributed by atoms with E-state index in [9.17, 15) is 9.59 Å². The van der Waals surface area contributed by atoms with Gasteiger partial charge in [0.15, 0.2) is 0 Å². The lowest BCUT2D eigenvalue weighted by molar-refractivity contribution is -0.139. The van der Waals surface area contributed by atoms with Gasteiger partial charge in [-0.3, -0.25) is 4.79 Å². The SMILES string of the molecule is CN1CCC(NC(=O)NC2(CC(=O)O)CCCCC2)C1. The molecule has 1 aliphatic heterocycles. The van der Waals surface area contributed by atoms with E-state index >= 15 is 0 Å². The van der Waals surface area contributed by atoms with Gasteiger partial charge in [0.25, 0.3) is 0 Å². The van der Waals surface area contributed by atoms with Crippen LogP contribution in [0, 0.1) is 0 Å². The van der Waals surface area contributed by atoms with Crippen LogP contribution in [0.15, 0.2) is 0 Å². The number of carbonyl (C=O) groups excluding carboxylic acids is 1. The van der Waals surface area contributed by atoms with Crippen molar-refractivity contribution < 1.29 is 14.7 Å². The van der Waals surface area contributed by atoms with Crippen LogP contribution >= 0.6 is 0 Å². The number of carboxylic acids is 1. The van der Waals surface area contributed by atoms with E-state index in [2.05, 4.69) is 15.5 Å². The molecule has 0 bridgehead atoms. The Balaban J connectivity index is 1.89. The van der Waals surface area contributed by atoms with Crippen LogP contribution in [-0.2, 0) is 4.79 Å². The lowest BCUT2D eigenvalue weighted by Gasteiger charge is -2.37. The fraction of sp³-hybridized carbons (Fsp3) is 0.857. The van der Waals surface area contributed by atoms with E-state index in [1.54, 1.807) is 0 Å². The first kappa shape index (κ1) is 15.1. The Kier molecular flexibility index (Phi) is 4.86. The standard InChI is InChI=1S/C14H25N3O3/c1-17-8-5-11(10-17)15-13(20)16-14(9-12(18)19)6-3-2-4-7-14/h11H,2-10H2,1H3,(H,18,19)(H2,15,16,20). The molecule has 0 radical (unpaired) electrons. The molecule has 0 aromatic carbocycles. The summed E-state index contributed by atoms with van der Waals surface area (Å²) in [5.41, 5.74) is -0.557. The molecule has 2 aliphatic rings. The minimum Gasteiger partial charge on any atom is -0.481 e. The number of carboxylic acid groups (broad SMARTS) is 1. The van der Waals surface area contributed by atoms with Crippen molar-refractivity contribution in [1.29, 1.82) is 0 Å². The zero-order chi connectivity index (χ0) is 14.6. The second-order valence-corrected chi connectivity index (χ2v) is 6.26. The van der Waals surface area contributed by atoms with Crippen LogP contribution in [0.1, 0.15) is 44.9 Å². The number of likely N-dealkylation sites (N-methyl/N-ethyl adjacent to an activating group) is 1. The smallest absolute Gasteiger partial charge is 0.315 e. The highest BCUT2D eigenvalue weighted by atomic mass is 16.4. The summed E-state index contributed by atoms with van der Waals surface area (Å²) in [5, 5.41) is 15.0. The Morgan fingerprint density at radius 1 is 1.30 bits per heavy atom. The predicted octanol–water partition coefficient (Wildman–Crippen LogP) is 1.17.